The largest absolute Gasteiger partial charge is 0.389 e. The van der Waals surface area contributed by atoms with Gasteiger partial charge in [-0.3, -0.25) is 4.79 Å². The van der Waals surface area contributed by atoms with Gasteiger partial charge in [0.25, 0.3) is 0 Å². The van der Waals surface area contributed by atoms with Gasteiger partial charge in [0.15, 0.2) is 0 Å². The minimum atomic E-state index is -0.931. The molecule has 1 amide bonds. The molecule has 0 radical (unpaired) electrons. The zero-order chi connectivity index (χ0) is 17.2. The highest BCUT2D eigenvalue weighted by Gasteiger charge is 2.32. The SMILES string of the molecule is CC(C)(O)CNC(=O)C(c1ccccc1)N1CCc2ccccc21. The minimum absolute atomic E-state index is 0.0833. The summed E-state index contributed by atoms with van der Waals surface area (Å²) in [7, 11) is 0. The Morgan fingerprint density at radius 3 is 2.54 bits per heavy atom. The van der Waals surface area contributed by atoms with Crippen LogP contribution >= 0.6 is 0 Å². The Morgan fingerprint density at radius 1 is 1.17 bits per heavy atom. The molecule has 126 valence electrons. The number of rotatable bonds is 5. The van der Waals surface area contributed by atoms with E-state index in [4.69, 9.17) is 0 Å². The number of aliphatic hydroxyl groups is 1. The van der Waals surface area contributed by atoms with Crippen LogP contribution in [0.15, 0.2) is 54.6 Å². The molecule has 1 aliphatic rings. The Morgan fingerprint density at radius 2 is 1.83 bits per heavy atom. The second-order valence-electron chi connectivity index (χ2n) is 6.92. The molecule has 1 unspecified atom stereocenters. The quantitative estimate of drug-likeness (QED) is 0.889. The first kappa shape index (κ1) is 16.5. The van der Waals surface area contributed by atoms with Crippen molar-refractivity contribution in [3.8, 4) is 0 Å². The fourth-order valence-electron chi connectivity index (χ4n) is 3.14. The fourth-order valence-corrected chi connectivity index (χ4v) is 3.14. The van der Waals surface area contributed by atoms with Gasteiger partial charge in [0.2, 0.25) is 5.91 Å². The fraction of sp³-hybridized carbons (Fsp3) is 0.350. The number of benzene rings is 2. The Kier molecular flexibility index (Phi) is 4.58. The van der Waals surface area contributed by atoms with E-state index in [1.807, 2.05) is 42.5 Å². The van der Waals surface area contributed by atoms with E-state index in [0.29, 0.717) is 0 Å². The molecule has 0 fully saturated rings. The van der Waals surface area contributed by atoms with Gasteiger partial charge in [-0.1, -0.05) is 48.5 Å². The summed E-state index contributed by atoms with van der Waals surface area (Å²) in [5.41, 5.74) is 2.42. The van der Waals surface area contributed by atoms with Gasteiger partial charge in [-0.25, -0.2) is 0 Å². The second kappa shape index (κ2) is 6.65. The normalized spacial score (nSPS) is 15.0. The maximum atomic E-state index is 12.9. The van der Waals surface area contributed by atoms with Crippen molar-refractivity contribution in [1.82, 2.24) is 5.32 Å². The van der Waals surface area contributed by atoms with E-state index in [1.165, 1.54) is 5.56 Å². The lowest BCUT2D eigenvalue weighted by molar-refractivity contribution is -0.123. The van der Waals surface area contributed by atoms with E-state index >= 15 is 0 Å². The number of hydrogen-bond donors (Lipinski definition) is 2. The Hall–Kier alpha value is -2.33. The predicted octanol–water partition coefficient (Wildman–Crippen LogP) is 2.68. The van der Waals surface area contributed by atoms with Gasteiger partial charge in [0.1, 0.15) is 6.04 Å². The molecule has 1 atom stereocenters. The van der Waals surface area contributed by atoms with E-state index in [1.54, 1.807) is 13.8 Å². The van der Waals surface area contributed by atoms with Crippen LogP contribution in [0.5, 0.6) is 0 Å². The number of carbonyl (C=O) groups is 1. The average Bonchev–Trinajstić information content (AvgIpc) is 2.98. The van der Waals surface area contributed by atoms with E-state index < -0.39 is 11.6 Å². The van der Waals surface area contributed by atoms with Crippen molar-refractivity contribution in [3.63, 3.8) is 0 Å². The highest BCUT2D eigenvalue weighted by Crippen LogP contribution is 2.35. The van der Waals surface area contributed by atoms with E-state index in [-0.39, 0.29) is 12.5 Å². The van der Waals surface area contributed by atoms with Crippen molar-refractivity contribution in [2.75, 3.05) is 18.0 Å². The van der Waals surface area contributed by atoms with Crippen LogP contribution in [-0.2, 0) is 11.2 Å². The van der Waals surface area contributed by atoms with E-state index in [2.05, 4.69) is 22.3 Å². The van der Waals surface area contributed by atoms with Crippen LogP contribution < -0.4 is 10.2 Å². The van der Waals surface area contributed by atoms with Crippen molar-refractivity contribution in [2.45, 2.75) is 31.9 Å². The first-order chi connectivity index (χ1) is 11.5. The van der Waals surface area contributed by atoms with Crippen LogP contribution in [0.2, 0.25) is 0 Å². The number of carbonyl (C=O) groups excluding carboxylic acids is 1. The van der Waals surface area contributed by atoms with Crippen molar-refractivity contribution in [2.24, 2.45) is 0 Å². The van der Waals surface area contributed by atoms with Crippen molar-refractivity contribution in [1.29, 1.82) is 0 Å². The molecule has 1 heterocycles. The smallest absolute Gasteiger partial charge is 0.247 e. The van der Waals surface area contributed by atoms with Crippen LogP contribution in [0, 0.1) is 0 Å². The van der Waals surface area contributed by atoms with Crippen LogP contribution in [0.25, 0.3) is 0 Å². The van der Waals surface area contributed by atoms with Crippen LogP contribution in [0.4, 0.5) is 5.69 Å². The molecule has 24 heavy (non-hydrogen) atoms. The summed E-state index contributed by atoms with van der Waals surface area (Å²) < 4.78 is 0. The highest BCUT2D eigenvalue weighted by atomic mass is 16.3. The third kappa shape index (κ3) is 3.60. The number of nitrogens with zero attached hydrogens (tertiary/aromatic N) is 1. The van der Waals surface area contributed by atoms with Gasteiger partial charge < -0.3 is 15.3 Å². The average molecular weight is 324 g/mol. The van der Waals surface area contributed by atoms with Gasteiger partial charge in [0, 0.05) is 18.8 Å². The van der Waals surface area contributed by atoms with Gasteiger partial charge in [-0.15, -0.1) is 0 Å². The monoisotopic (exact) mass is 324 g/mol. The molecule has 0 bridgehead atoms. The van der Waals surface area contributed by atoms with E-state index in [9.17, 15) is 9.90 Å². The van der Waals surface area contributed by atoms with Crippen molar-refractivity contribution in [3.05, 3.63) is 65.7 Å². The third-order valence-corrected chi connectivity index (χ3v) is 4.29. The first-order valence-corrected chi connectivity index (χ1v) is 8.35. The summed E-state index contributed by atoms with van der Waals surface area (Å²) in [4.78, 5) is 15.1. The van der Waals surface area contributed by atoms with Crippen LogP contribution in [-0.4, -0.2) is 29.7 Å². The maximum Gasteiger partial charge on any atom is 0.247 e. The van der Waals surface area contributed by atoms with Gasteiger partial charge in [-0.2, -0.15) is 0 Å². The zero-order valence-electron chi connectivity index (χ0n) is 14.2. The molecule has 2 aromatic rings. The zero-order valence-corrected chi connectivity index (χ0v) is 14.2. The number of hydrogen-bond acceptors (Lipinski definition) is 3. The summed E-state index contributed by atoms with van der Waals surface area (Å²) in [5, 5.41) is 12.8. The van der Waals surface area contributed by atoms with Crippen LogP contribution in [0.3, 0.4) is 0 Å². The molecule has 0 saturated carbocycles. The van der Waals surface area contributed by atoms with Crippen molar-refractivity contribution < 1.29 is 9.90 Å². The summed E-state index contributed by atoms with van der Waals surface area (Å²) in [6, 6.07) is 17.7. The lowest BCUT2D eigenvalue weighted by Crippen LogP contribution is -2.45. The minimum Gasteiger partial charge on any atom is -0.389 e. The van der Waals surface area contributed by atoms with Gasteiger partial charge >= 0.3 is 0 Å². The Bertz CT molecular complexity index is 707. The number of fused-ring (bicyclic) bond motifs is 1. The molecule has 4 nitrogen and oxygen atoms in total. The topological polar surface area (TPSA) is 52.6 Å². The Labute approximate surface area is 143 Å². The number of nitrogens with one attached hydrogen (secondary N) is 1. The summed E-state index contributed by atoms with van der Waals surface area (Å²) in [6.45, 7) is 4.42. The lowest BCUT2D eigenvalue weighted by atomic mass is 10.0. The highest BCUT2D eigenvalue weighted by molar-refractivity contribution is 5.87. The molecule has 0 aromatic heterocycles. The molecule has 4 heteroatoms. The lowest BCUT2D eigenvalue weighted by Gasteiger charge is -2.31. The number of amides is 1. The standard InChI is InChI=1S/C20H24N2O2/c1-20(2,24)14-21-19(23)18(16-9-4-3-5-10-16)22-13-12-15-8-6-7-11-17(15)22/h3-11,18,24H,12-14H2,1-2H3,(H,21,23). The molecule has 0 aliphatic carbocycles. The summed E-state index contributed by atoms with van der Waals surface area (Å²) >= 11 is 0. The van der Waals surface area contributed by atoms with Crippen LogP contribution in [0.1, 0.15) is 31.0 Å². The first-order valence-electron chi connectivity index (χ1n) is 8.35. The number of para-hydroxylation sites is 1. The molecule has 0 saturated heterocycles. The third-order valence-electron chi connectivity index (χ3n) is 4.29. The predicted molar refractivity (Wildman–Crippen MR) is 96.0 cm³/mol. The molecule has 2 aromatic carbocycles. The summed E-state index contributed by atoms with van der Waals surface area (Å²) in [5.74, 6) is -0.0833. The summed E-state index contributed by atoms with van der Waals surface area (Å²) in [6.07, 6.45) is 0.943. The van der Waals surface area contributed by atoms with Gasteiger partial charge in [0.05, 0.1) is 5.60 Å². The van der Waals surface area contributed by atoms with Crippen molar-refractivity contribution >= 4 is 11.6 Å². The van der Waals surface area contributed by atoms with Gasteiger partial charge in [-0.05, 0) is 37.5 Å². The molecular formula is C20H24N2O2. The number of anilines is 1. The molecule has 3 rings (SSSR count). The Balaban J connectivity index is 1.91. The van der Waals surface area contributed by atoms with E-state index in [0.717, 1.165) is 24.2 Å². The maximum absolute atomic E-state index is 12.9. The molecule has 2 N–H and O–H groups in total. The molecule has 0 spiro atoms. The molecule has 1 aliphatic heterocycles. The molecular weight excluding hydrogens is 300 g/mol. The second-order valence-corrected chi connectivity index (χ2v) is 6.92.